The minimum absolute atomic E-state index is 0.0894. The van der Waals surface area contributed by atoms with Crippen LogP contribution in [0.1, 0.15) is 133 Å². The van der Waals surface area contributed by atoms with Crippen LogP contribution in [0.3, 0.4) is 0 Å². The Labute approximate surface area is 364 Å². The molecule has 0 N–H and O–H groups in total. The van der Waals surface area contributed by atoms with Gasteiger partial charge in [0.15, 0.2) is 16.6 Å². The number of benzene rings is 2. The van der Waals surface area contributed by atoms with Crippen LogP contribution in [-0.2, 0) is 18.2 Å². The highest BCUT2D eigenvalue weighted by molar-refractivity contribution is 7.78. The molecule has 2 aromatic rings. The van der Waals surface area contributed by atoms with Crippen molar-refractivity contribution in [1.82, 2.24) is 0 Å². The van der Waals surface area contributed by atoms with Crippen molar-refractivity contribution in [2.45, 2.75) is 182 Å². The second-order valence-corrected chi connectivity index (χ2v) is 35.1. The first-order valence-electron chi connectivity index (χ1n) is 22.7. The van der Waals surface area contributed by atoms with Gasteiger partial charge < -0.3 is 13.4 Å². The van der Waals surface area contributed by atoms with Gasteiger partial charge in [-0.1, -0.05) is 160 Å². The zero-order valence-corrected chi connectivity index (χ0v) is 42.8. The van der Waals surface area contributed by atoms with Crippen molar-refractivity contribution in [2.24, 2.45) is 22.7 Å². The molecule has 2 aromatic carbocycles. The van der Waals surface area contributed by atoms with Gasteiger partial charge in [0.1, 0.15) is 12.9 Å². The minimum Gasteiger partial charge on any atom is -0.410 e. The van der Waals surface area contributed by atoms with Crippen molar-refractivity contribution in [3.63, 3.8) is 0 Å². The van der Waals surface area contributed by atoms with Crippen molar-refractivity contribution in [3.05, 3.63) is 96.6 Å². The zero-order chi connectivity index (χ0) is 44.2. The Bertz CT molecular complexity index is 1740. The van der Waals surface area contributed by atoms with Gasteiger partial charge in [0, 0.05) is 29.1 Å². The Morgan fingerprint density at radius 2 is 1.29 bits per heavy atom. The number of rotatable bonds is 12. The van der Waals surface area contributed by atoms with Crippen LogP contribution >= 0.6 is 7.14 Å². The molecule has 0 spiro atoms. The smallest absolute Gasteiger partial charge is 0.192 e. The van der Waals surface area contributed by atoms with Gasteiger partial charge in [-0.3, -0.25) is 4.79 Å². The Kier molecular flexibility index (Phi) is 16.1. The van der Waals surface area contributed by atoms with Gasteiger partial charge in [-0.2, -0.15) is 0 Å². The van der Waals surface area contributed by atoms with Gasteiger partial charge in [0.25, 0.3) is 0 Å². The second-order valence-electron chi connectivity index (χ2n) is 22.8. The van der Waals surface area contributed by atoms with Gasteiger partial charge in [-0.25, -0.2) is 0 Å². The molecule has 3 fully saturated rings. The number of carbonyl (C=O) groups is 1. The van der Waals surface area contributed by atoms with E-state index in [1.54, 1.807) is 0 Å². The van der Waals surface area contributed by atoms with Gasteiger partial charge in [-0.05, 0) is 116 Å². The molecule has 0 saturated heterocycles. The number of carbonyl (C=O) groups excluding carboxylic acids is 1. The Hall–Kier alpha value is -2.09. The van der Waals surface area contributed by atoms with Gasteiger partial charge in [-0.15, -0.1) is 0 Å². The van der Waals surface area contributed by atoms with Crippen LogP contribution in [0.4, 0.5) is 0 Å². The van der Waals surface area contributed by atoms with E-state index in [9.17, 15) is 9.36 Å². The lowest BCUT2D eigenvalue weighted by Crippen LogP contribution is -2.49. The summed E-state index contributed by atoms with van der Waals surface area (Å²) in [6.07, 6.45) is 13.2. The topological polar surface area (TPSA) is 52.6 Å². The first-order valence-corrected chi connectivity index (χ1v) is 30.5. The maximum Gasteiger partial charge on any atom is 0.192 e. The lowest BCUT2D eigenvalue weighted by molar-refractivity contribution is -0.129. The molecular weight excluding hydrogens is 776 g/mol. The average molecular weight is 859 g/mol. The van der Waals surface area contributed by atoms with Crippen LogP contribution in [0.25, 0.3) is 0 Å². The first kappa shape index (κ1) is 49.6. The molecule has 0 bridgehead atoms. The third-order valence-corrected chi connectivity index (χ3v) is 26.9. The number of fused-ring (bicyclic) bond motifs is 1. The molecule has 7 heteroatoms. The maximum atomic E-state index is 14.7. The molecule has 3 saturated carbocycles. The minimum atomic E-state index is -2.84. The van der Waals surface area contributed by atoms with Gasteiger partial charge in [0.05, 0.1) is 12.2 Å². The number of hydrogen-bond acceptors (Lipinski definition) is 4. The Morgan fingerprint density at radius 1 is 0.814 bits per heavy atom. The molecule has 0 radical (unpaired) electrons. The van der Waals surface area contributed by atoms with E-state index in [0.717, 1.165) is 54.7 Å². The van der Waals surface area contributed by atoms with Crippen molar-refractivity contribution < 1.29 is 18.2 Å². The van der Waals surface area contributed by atoms with E-state index in [0.29, 0.717) is 29.2 Å². The molecule has 4 nitrogen and oxygen atoms in total. The van der Waals surface area contributed by atoms with Gasteiger partial charge >= 0.3 is 0 Å². The molecule has 0 aromatic heterocycles. The van der Waals surface area contributed by atoms with Crippen molar-refractivity contribution in [3.8, 4) is 0 Å². The molecule has 5 rings (SSSR count). The van der Waals surface area contributed by atoms with Gasteiger partial charge in [0.2, 0.25) is 0 Å². The van der Waals surface area contributed by atoms with Crippen molar-refractivity contribution >= 4 is 40.2 Å². The highest BCUT2D eigenvalue weighted by Crippen LogP contribution is 2.57. The monoisotopic (exact) mass is 859 g/mol. The summed E-state index contributed by atoms with van der Waals surface area (Å²) in [5.74, 6) is 1.46. The Morgan fingerprint density at radius 3 is 1.73 bits per heavy atom. The molecule has 5 atom stereocenters. The lowest BCUT2D eigenvalue weighted by Gasteiger charge is -2.46. The Balaban J connectivity index is 0.000000321. The lowest BCUT2D eigenvalue weighted by atomic mass is 9.63. The predicted octanol–water partition coefficient (Wildman–Crippen LogP) is 14.6. The van der Waals surface area contributed by atoms with Crippen LogP contribution in [0.5, 0.6) is 0 Å². The van der Waals surface area contributed by atoms with E-state index in [1.807, 2.05) is 60.7 Å². The third-order valence-electron chi connectivity index (χ3n) is 15.0. The van der Waals surface area contributed by atoms with E-state index >= 15 is 0 Å². The molecule has 328 valence electrons. The van der Waals surface area contributed by atoms with Crippen LogP contribution in [0, 0.1) is 22.7 Å². The fraction of sp³-hybridized carbons (Fsp3) is 0.635. The van der Waals surface area contributed by atoms with E-state index in [4.69, 9.17) is 8.85 Å². The van der Waals surface area contributed by atoms with E-state index in [2.05, 4.69) is 115 Å². The second kappa shape index (κ2) is 19.1. The largest absolute Gasteiger partial charge is 0.410 e. The average Bonchev–Trinajstić information content (AvgIpc) is 3.50. The standard InChI is InChI=1S/C33H51O3PSi2.C19H32O/c1-26-30(35-38(8,9)32(2,3)4)24-27(25-31(26)36-39(10,11)33(5,6)7)22-23-37(34,28-18-14-12-15-19-28)29-20-16-13-17-21-29;1-14(8-6-12-18(2,3)4)15-10-11-16-17(20)9-7-13-19(15,16)5/h12-22,30-31H,1,23-25H2,2-11H3;15-16H,1,6-13H2,2-5H3/t30-,31-;15-,16+,19-/m11/s1. The van der Waals surface area contributed by atoms with E-state index in [-0.39, 0.29) is 27.7 Å². The SMILES string of the molecule is C=C(CCCC(C)(C)C)[C@H]1CC[C@H]2C(=O)CCC[C@]12C.C=C1[C@H](O[Si](C)(C)C(C)(C)C)CC(=CCP(=O)(c2ccccc2)c2ccccc2)C[C@H]1O[Si](C)(C)C(C)(C)C. The van der Waals surface area contributed by atoms with E-state index in [1.165, 1.54) is 36.8 Å². The number of ketones is 1. The molecule has 0 heterocycles. The highest BCUT2D eigenvalue weighted by Gasteiger charge is 2.51. The molecular formula is C52H83O4PSi2. The number of allylic oxidation sites excluding steroid dienone is 2. The number of Topliss-reactive ketones (excluding diaryl/α,β-unsaturated/α-hetero) is 1. The van der Waals surface area contributed by atoms with Crippen LogP contribution in [0.2, 0.25) is 36.3 Å². The summed E-state index contributed by atoms with van der Waals surface area (Å²) in [6.45, 7) is 41.2. The molecule has 0 unspecified atom stereocenters. The molecule has 0 aliphatic heterocycles. The summed E-state index contributed by atoms with van der Waals surface area (Å²) in [6, 6.07) is 19.9. The summed E-state index contributed by atoms with van der Waals surface area (Å²) in [5, 5.41) is 1.99. The predicted molar refractivity (Wildman–Crippen MR) is 261 cm³/mol. The summed E-state index contributed by atoms with van der Waals surface area (Å²) >= 11 is 0. The third kappa shape index (κ3) is 12.3. The maximum absolute atomic E-state index is 14.7. The fourth-order valence-corrected chi connectivity index (χ4v) is 14.2. The van der Waals surface area contributed by atoms with E-state index < -0.39 is 23.8 Å². The first-order chi connectivity index (χ1) is 27.1. The fourth-order valence-electron chi connectivity index (χ4n) is 9.07. The van der Waals surface area contributed by atoms with Crippen LogP contribution < -0.4 is 10.6 Å². The summed E-state index contributed by atoms with van der Waals surface area (Å²) in [4.78, 5) is 12.2. The normalized spacial score (nSPS) is 24.6. The quantitative estimate of drug-likeness (QED) is 0.121. The summed E-state index contributed by atoms with van der Waals surface area (Å²) in [5.41, 5.74) is 4.41. The molecule has 3 aliphatic rings. The summed E-state index contributed by atoms with van der Waals surface area (Å²) < 4.78 is 28.7. The van der Waals surface area contributed by atoms with Crippen LogP contribution in [-0.4, -0.2) is 40.8 Å². The highest BCUT2D eigenvalue weighted by atomic mass is 31.2. The van der Waals surface area contributed by atoms with Crippen LogP contribution in [0.15, 0.2) is 96.6 Å². The summed E-state index contributed by atoms with van der Waals surface area (Å²) in [7, 11) is -6.92. The zero-order valence-electron chi connectivity index (χ0n) is 39.9. The van der Waals surface area contributed by atoms with Crippen molar-refractivity contribution in [1.29, 1.82) is 0 Å². The van der Waals surface area contributed by atoms with Crippen molar-refractivity contribution in [2.75, 3.05) is 6.16 Å². The molecule has 3 aliphatic carbocycles. The molecule has 0 amide bonds. The number of hydrogen-bond donors (Lipinski definition) is 0. The molecule has 59 heavy (non-hydrogen) atoms.